The van der Waals surface area contributed by atoms with Crippen molar-refractivity contribution in [1.82, 2.24) is 9.80 Å². The maximum atomic E-state index is 13.5. The molecule has 168 valence electrons. The molecule has 0 radical (unpaired) electrons. The molecule has 31 heavy (non-hydrogen) atoms. The van der Waals surface area contributed by atoms with Gasteiger partial charge in [-0.2, -0.15) is 0 Å². The van der Waals surface area contributed by atoms with Gasteiger partial charge in [-0.3, -0.25) is 9.59 Å². The van der Waals surface area contributed by atoms with E-state index in [-0.39, 0.29) is 49.5 Å². The van der Waals surface area contributed by atoms with E-state index < -0.39 is 0 Å². The van der Waals surface area contributed by atoms with Crippen LogP contribution in [0, 0.1) is 5.82 Å². The molecule has 3 rings (SSSR count). The molecule has 2 aromatic rings. The fourth-order valence-corrected chi connectivity index (χ4v) is 4.69. The molecule has 0 saturated carbocycles. The number of carbonyl (C=O) groups is 2. The van der Waals surface area contributed by atoms with Gasteiger partial charge in [0.05, 0.1) is 6.04 Å². The van der Waals surface area contributed by atoms with E-state index in [1.165, 1.54) is 24.1 Å². The molecule has 0 aliphatic carbocycles. The number of carbonyl (C=O) groups excluding carboxylic acids is 2. The minimum atomic E-state index is -0.369. The SMILES string of the molecule is CC[C@@H](C)N(CC(=O)N1CCc2sccc2[C@H]1COc1cccc(F)c1)C(=O)COC. The van der Waals surface area contributed by atoms with E-state index in [1.54, 1.807) is 33.3 Å². The summed E-state index contributed by atoms with van der Waals surface area (Å²) in [5.41, 5.74) is 1.05. The highest BCUT2D eigenvalue weighted by Crippen LogP contribution is 2.34. The van der Waals surface area contributed by atoms with Crippen LogP contribution < -0.4 is 4.74 Å². The molecule has 6 nitrogen and oxygen atoms in total. The molecule has 2 heterocycles. The normalized spacial score (nSPS) is 16.5. The Morgan fingerprint density at radius 3 is 2.87 bits per heavy atom. The van der Waals surface area contributed by atoms with Gasteiger partial charge in [-0.25, -0.2) is 4.39 Å². The number of thiophene rings is 1. The van der Waals surface area contributed by atoms with Crippen molar-refractivity contribution in [3.63, 3.8) is 0 Å². The maximum Gasteiger partial charge on any atom is 0.249 e. The number of methoxy groups -OCH3 is 1. The largest absolute Gasteiger partial charge is 0.491 e. The summed E-state index contributed by atoms with van der Waals surface area (Å²) >= 11 is 1.67. The average molecular weight is 449 g/mol. The first-order chi connectivity index (χ1) is 14.9. The number of hydrogen-bond donors (Lipinski definition) is 0. The number of hydrogen-bond acceptors (Lipinski definition) is 5. The van der Waals surface area contributed by atoms with Crippen molar-refractivity contribution in [3.05, 3.63) is 52.0 Å². The minimum Gasteiger partial charge on any atom is -0.491 e. The number of rotatable bonds is 9. The van der Waals surface area contributed by atoms with Crippen LogP contribution in [0.2, 0.25) is 0 Å². The number of ether oxygens (including phenoxy) is 2. The van der Waals surface area contributed by atoms with Gasteiger partial charge in [0.1, 0.15) is 31.3 Å². The molecule has 2 amide bonds. The Kier molecular flexibility index (Phi) is 8.03. The van der Waals surface area contributed by atoms with Gasteiger partial charge < -0.3 is 19.3 Å². The molecule has 2 atom stereocenters. The third-order valence-electron chi connectivity index (χ3n) is 5.64. The lowest BCUT2D eigenvalue weighted by Crippen LogP contribution is -2.50. The van der Waals surface area contributed by atoms with E-state index in [9.17, 15) is 14.0 Å². The molecule has 1 aromatic heterocycles. The molecule has 0 bridgehead atoms. The summed E-state index contributed by atoms with van der Waals surface area (Å²) in [7, 11) is 1.47. The quantitative estimate of drug-likeness (QED) is 0.587. The van der Waals surface area contributed by atoms with Crippen molar-refractivity contribution in [1.29, 1.82) is 0 Å². The fraction of sp³-hybridized carbons (Fsp3) is 0.478. The van der Waals surface area contributed by atoms with E-state index in [2.05, 4.69) is 0 Å². The summed E-state index contributed by atoms with van der Waals surface area (Å²) in [4.78, 5) is 30.4. The van der Waals surface area contributed by atoms with Gasteiger partial charge in [0, 0.05) is 30.6 Å². The second kappa shape index (κ2) is 10.7. The van der Waals surface area contributed by atoms with Crippen LogP contribution >= 0.6 is 11.3 Å². The fourth-order valence-electron chi connectivity index (χ4n) is 3.76. The lowest BCUT2D eigenvalue weighted by Gasteiger charge is -2.38. The lowest BCUT2D eigenvalue weighted by molar-refractivity contribution is -0.146. The van der Waals surface area contributed by atoms with Crippen LogP contribution in [0.5, 0.6) is 5.75 Å². The van der Waals surface area contributed by atoms with Crippen molar-refractivity contribution in [3.8, 4) is 5.75 Å². The van der Waals surface area contributed by atoms with E-state index in [0.29, 0.717) is 12.3 Å². The van der Waals surface area contributed by atoms with Crippen LogP contribution in [0.15, 0.2) is 35.7 Å². The molecule has 8 heteroatoms. The lowest BCUT2D eigenvalue weighted by atomic mass is 10.00. The van der Waals surface area contributed by atoms with Crippen molar-refractivity contribution in [2.75, 3.05) is 33.4 Å². The Hall–Kier alpha value is -2.45. The molecule has 0 spiro atoms. The zero-order valence-electron chi connectivity index (χ0n) is 18.2. The van der Waals surface area contributed by atoms with Gasteiger partial charge in [-0.15, -0.1) is 11.3 Å². The van der Waals surface area contributed by atoms with Crippen LogP contribution in [-0.2, 0) is 20.7 Å². The Morgan fingerprint density at radius 2 is 2.16 bits per heavy atom. The highest BCUT2D eigenvalue weighted by molar-refractivity contribution is 7.10. The molecule has 0 fully saturated rings. The van der Waals surface area contributed by atoms with Gasteiger partial charge in [-0.1, -0.05) is 13.0 Å². The summed E-state index contributed by atoms with van der Waals surface area (Å²) in [6, 6.07) is 7.63. The first-order valence-corrected chi connectivity index (χ1v) is 11.3. The van der Waals surface area contributed by atoms with E-state index in [0.717, 1.165) is 18.4 Å². The zero-order valence-corrected chi connectivity index (χ0v) is 19.0. The van der Waals surface area contributed by atoms with Crippen molar-refractivity contribution in [2.24, 2.45) is 0 Å². The predicted molar refractivity (Wildman–Crippen MR) is 118 cm³/mol. The Labute approximate surface area is 186 Å². The summed E-state index contributed by atoms with van der Waals surface area (Å²) in [5.74, 6) is -0.280. The van der Waals surface area contributed by atoms with E-state index in [1.807, 2.05) is 25.3 Å². The third kappa shape index (κ3) is 5.62. The van der Waals surface area contributed by atoms with Crippen LogP contribution in [0.25, 0.3) is 0 Å². The second-order valence-corrected chi connectivity index (χ2v) is 8.63. The number of amides is 2. The number of halogens is 1. The molecule has 0 N–H and O–H groups in total. The summed E-state index contributed by atoms with van der Waals surface area (Å²) in [5, 5.41) is 2.02. The molecule has 1 aromatic carbocycles. The van der Waals surface area contributed by atoms with E-state index in [4.69, 9.17) is 9.47 Å². The maximum absolute atomic E-state index is 13.5. The molecule has 1 aliphatic rings. The first kappa shape index (κ1) is 23.2. The molecule has 0 unspecified atom stereocenters. The van der Waals surface area contributed by atoms with Crippen LogP contribution in [0.3, 0.4) is 0 Å². The van der Waals surface area contributed by atoms with Gasteiger partial charge in [0.2, 0.25) is 11.8 Å². The molecular formula is C23H29FN2O4S. The van der Waals surface area contributed by atoms with Gasteiger partial charge in [0.25, 0.3) is 0 Å². The second-order valence-electron chi connectivity index (χ2n) is 7.63. The Morgan fingerprint density at radius 1 is 1.35 bits per heavy atom. The first-order valence-electron chi connectivity index (χ1n) is 10.5. The standard InChI is InChI=1S/C23H29FN2O4S/c1-4-16(2)26(23(28)15-29-3)13-22(27)25-10-8-21-19(9-11-31-21)20(25)14-30-18-7-5-6-17(24)12-18/h5-7,9,11-12,16,20H,4,8,10,13-15H2,1-3H3/t16-,20-/m1/s1. The number of benzene rings is 1. The summed E-state index contributed by atoms with van der Waals surface area (Å²) in [6.45, 7) is 4.62. The van der Waals surface area contributed by atoms with Gasteiger partial charge in [-0.05, 0) is 48.9 Å². The highest BCUT2D eigenvalue weighted by Gasteiger charge is 2.34. The average Bonchev–Trinajstić information content (AvgIpc) is 3.24. The van der Waals surface area contributed by atoms with Crippen LogP contribution in [-0.4, -0.2) is 61.1 Å². The zero-order chi connectivity index (χ0) is 22.4. The van der Waals surface area contributed by atoms with Crippen molar-refractivity contribution in [2.45, 2.75) is 38.8 Å². The van der Waals surface area contributed by atoms with Crippen molar-refractivity contribution < 1.29 is 23.5 Å². The van der Waals surface area contributed by atoms with Crippen LogP contribution in [0.1, 0.15) is 36.8 Å². The highest BCUT2D eigenvalue weighted by atomic mass is 32.1. The molecular weight excluding hydrogens is 419 g/mol. The van der Waals surface area contributed by atoms with E-state index >= 15 is 0 Å². The molecule has 0 saturated heterocycles. The monoisotopic (exact) mass is 448 g/mol. The minimum absolute atomic E-state index is 0.00681. The van der Waals surface area contributed by atoms with Crippen molar-refractivity contribution >= 4 is 23.2 Å². The number of nitrogens with zero attached hydrogens (tertiary/aromatic N) is 2. The van der Waals surface area contributed by atoms with Gasteiger partial charge in [0.15, 0.2) is 0 Å². The molecule has 1 aliphatic heterocycles. The van der Waals surface area contributed by atoms with Crippen LogP contribution in [0.4, 0.5) is 4.39 Å². The number of fused-ring (bicyclic) bond motifs is 1. The topological polar surface area (TPSA) is 59.1 Å². The third-order valence-corrected chi connectivity index (χ3v) is 6.63. The summed E-state index contributed by atoms with van der Waals surface area (Å²) < 4.78 is 24.4. The summed E-state index contributed by atoms with van der Waals surface area (Å²) in [6.07, 6.45) is 1.51. The van der Waals surface area contributed by atoms with Gasteiger partial charge >= 0.3 is 0 Å². The smallest absolute Gasteiger partial charge is 0.249 e. The predicted octanol–water partition coefficient (Wildman–Crippen LogP) is 3.67. The Balaban J connectivity index is 1.78. The Bertz CT molecular complexity index is 903.